The van der Waals surface area contributed by atoms with E-state index in [-0.39, 0.29) is 11.5 Å². The van der Waals surface area contributed by atoms with Crippen LogP contribution in [0.25, 0.3) is 0 Å². The van der Waals surface area contributed by atoms with Crippen molar-refractivity contribution in [2.24, 2.45) is 17.3 Å². The molecular weight excluding hydrogens is 359 g/mol. The molecule has 4 rings (SSSR count). The van der Waals surface area contributed by atoms with Crippen molar-refractivity contribution in [1.82, 2.24) is 0 Å². The van der Waals surface area contributed by atoms with Gasteiger partial charge in [0.2, 0.25) is 0 Å². The quantitative estimate of drug-likeness (QED) is 0.655. The maximum absolute atomic E-state index is 10.4. The SMILES string of the molecule is C[C@]12CC[C@@H]3c4cc(I)ccc4CC[C@H]3[C@@H]1CC[C@@H]2O. The average Bonchev–Trinajstić information content (AvgIpc) is 2.74. The van der Waals surface area contributed by atoms with E-state index in [1.165, 1.54) is 35.7 Å². The van der Waals surface area contributed by atoms with Crippen LogP contribution in [0.4, 0.5) is 0 Å². The fourth-order valence-electron chi connectivity index (χ4n) is 5.51. The van der Waals surface area contributed by atoms with Gasteiger partial charge >= 0.3 is 0 Å². The predicted octanol–water partition coefficient (Wildman–Crippen LogP) is 4.51. The van der Waals surface area contributed by atoms with Gasteiger partial charge in [0.05, 0.1) is 6.10 Å². The highest BCUT2D eigenvalue weighted by Gasteiger charge is 2.54. The standard InChI is InChI=1S/C18H23IO/c1-18-9-8-13-14(16(18)6-7-17(18)20)5-3-11-2-4-12(19)10-15(11)13/h2,4,10,13-14,16-17,20H,3,5-9H2,1H3/t13-,14+,16-,17-,18-/m0/s1. The minimum Gasteiger partial charge on any atom is -0.393 e. The van der Waals surface area contributed by atoms with Crippen LogP contribution in [0, 0.1) is 20.8 Å². The third-order valence-corrected chi connectivity index (χ3v) is 7.31. The van der Waals surface area contributed by atoms with Gasteiger partial charge in [0.25, 0.3) is 0 Å². The lowest BCUT2D eigenvalue weighted by Crippen LogP contribution is -2.43. The highest BCUT2D eigenvalue weighted by atomic mass is 127. The summed E-state index contributed by atoms with van der Waals surface area (Å²) in [4.78, 5) is 0. The second kappa shape index (κ2) is 4.70. The number of aliphatic hydroxyl groups is 1. The van der Waals surface area contributed by atoms with Crippen LogP contribution in [0.5, 0.6) is 0 Å². The molecular formula is C18H23IO. The van der Waals surface area contributed by atoms with E-state index in [1.54, 1.807) is 11.1 Å². The minimum atomic E-state index is -0.0502. The Hall–Kier alpha value is -0.0900. The van der Waals surface area contributed by atoms with Crippen LogP contribution in [0.2, 0.25) is 0 Å². The van der Waals surface area contributed by atoms with Crippen LogP contribution < -0.4 is 0 Å². The van der Waals surface area contributed by atoms with Crippen molar-refractivity contribution in [2.45, 2.75) is 57.5 Å². The van der Waals surface area contributed by atoms with E-state index in [1.807, 2.05) is 0 Å². The zero-order valence-electron chi connectivity index (χ0n) is 12.1. The number of aliphatic hydroxyl groups excluding tert-OH is 1. The minimum absolute atomic E-state index is 0.0502. The van der Waals surface area contributed by atoms with Gasteiger partial charge in [-0.3, -0.25) is 0 Å². The number of benzene rings is 1. The third kappa shape index (κ3) is 1.83. The summed E-state index contributed by atoms with van der Waals surface area (Å²) in [5.74, 6) is 2.33. The Kier molecular flexibility index (Phi) is 3.19. The zero-order chi connectivity index (χ0) is 13.9. The van der Waals surface area contributed by atoms with E-state index in [0.29, 0.717) is 0 Å². The number of hydrogen-bond acceptors (Lipinski definition) is 1. The van der Waals surface area contributed by atoms with Crippen molar-refractivity contribution in [3.05, 3.63) is 32.9 Å². The third-order valence-electron chi connectivity index (χ3n) is 6.64. The molecule has 1 aromatic rings. The van der Waals surface area contributed by atoms with Gasteiger partial charge in [-0.25, -0.2) is 0 Å². The molecule has 0 heterocycles. The van der Waals surface area contributed by atoms with E-state index in [0.717, 1.165) is 24.2 Å². The molecule has 0 radical (unpaired) electrons. The Morgan fingerprint density at radius 2 is 2.05 bits per heavy atom. The highest BCUT2D eigenvalue weighted by Crippen LogP contribution is 2.60. The Morgan fingerprint density at radius 1 is 1.20 bits per heavy atom. The van der Waals surface area contributed by atoms with E-state index in [9.17, 15) is 5.11 Å². The van der Waals surface area contributed by atoms with Crippen molar-refractivity contribution in [3.8, 4) is 0 Å². The molecule has 0 aliphatic heterocycles. The molecule has 0 spiro atoms. The maximum Gasteiger partial charge on any atom is 0.0596 e. The Balaban J connectivity index is 1.73. The molecule has 1 aromatic carbocycles. The fraction of sp³-hybridized carbons (Fsp3) is 0.667. The van der Waals surface area contributed by atoms with Crippen molar-refractivity contribution < 1.29 is 5.11 Å². The van der Waals surface area contributed by atoms with Crippen molar-refractivity contribution >= 4 is 22.6 Å². The molecule has 0 amide bonds. The lowest BCUT2D eigenvalue weighted by molar-refractivity contribution is -0.0226. The first-order valence-electron chi connectivity index (χ1n) is 8.06. The molecule has 2 saturated carbocycles. The zero-order valence-corrected chi connectivity index (χ0v) is 14.3. The van der Waals surface area contributed by atoms with Crippen molar-refractivity contribution in [2.75, 3.05) is 0 Å². The molecule has 3 aliphatic rings. The van der Waals surface area contributed by atoms with E-state index in [2.05, 4.69) is 47.7 Å². The molecule has 1 N–H and O–H groups in total. The molecule has 3 aliphatic carbocycles. The van der Waals surface area contributed by atoms with Gasteiger partial charge in [-0.15, -0.1) is 0 Å². The van der Waals surface area contributed by atoms with Crippen LogP contribution >= 0.6 is 22.6 Å². The summed E-state index contributed by atoms with van der Waals surface area (Å²) in [6, 6.07) is 7.04. The second-order valence-electron chi connectivity index (χ2n) is 7.40. The normalized spacial score (nSPS) is 42.8. The Bertz CT molecular complexity index is 540. The lowest BCUT2D eigenvalue weighted by Gasteiger charge is -2.50. The highest BCUT2D eigenvalue weighted by molar-refractivity contribution is 14.1. The number of halogens is 1. The molecule has 20 heavy (non-hydrogen) atoms. The number of hydrogen-bond donors (Lipinski definition) is 1. The molecule has 1 nitrogen and oxygen atoms in total. The summed E-state index contributed by atoms with van der Waals surface area (Å²) < 4.78 is 1.38. The lowest BCUT2D eigenvalue weighted by atomic mass is 9.55. The predicted molar refractivity (Wildman–Crippen MR) is 89.8 cm³/mol. The molecule has 0 saturated heterocycles. The topological polar surface area (TPSA) is 20.2 Å². The summed E-state index contributed by atoms with van der Waals surface area (Å²) >= 11 is 2.45. The van der Waals surface area contributed by atoms with Crippen LogP contribution in [0.3, 0.4) is 0 Å². The number of rotatable bonds is 0. The van der Waals surface area contributed by atoms with Crippen LogP contribution in [0.15, 0.2) is 18.2 Å². The van der Waals surface area contributed by atoms with E-state index < -0.39 is 0 Å². The smallest absolute Gasteiger partial charge is 0.0596 e. The molecule has 108 valence electrons. The van der Waals surface area contributed by atoms with Gasteiger partial charge in [-0.2, -0.15) is 0 Å². The number of fused-ring (bicyclic) bond motifs is 5. The van der Waals surface area contributed by atoms with Crippen molar-refractivity contribution in [3.63, 3.8) is 0 Å². The van der Waals surface area contributed by atoms with Crippen LogP contribution in [-0.4, -0.2) is 11.2 Å². The molecule has 2 fully saturated rings. The first kappa shape index (κ1) is 13.6. The largest absolute Gasteiger partial charge is 0.393 e. The van der Waals surface area contributed by atoms with Gasteiger partial charge in [0.15, 0.2) is 0 Å². The van der Waals surface area contributed by atoms with Gasteiger partial charge in [0, 0.05) is 3.57 Å². The monoisotopic (exact) mass is 382 g/mol. The molecule has 5 atom stereocenters. The summed E-state index contributed by atoms with van der Waals surface area (Å²) in [6.07, 6.45) is 7.31. The second-order valence-corrected chi connectivity index (χ2v) is 8.64. The van der Waals surface area contributed by atoms with E-state index in [4.69, 9.17) is 0 Å². The molecule has 0 unspecified atom stereocenters. The first-order valence-corrected chi connectivity index (χ1v) is 9.14. The number of aryl methyl sites for hydroxylation is 1. The average molecular weight is 382 g/mol. The summed E-state index contributed by atoms with van der Waals surface area (Å²) in [6.45, 7) is 2.36. The molecule has 2 heteroatoms. The summed E-state index contributed by atoms with van der Waals surface area (Å²) in [7, 11) is 0. The first-order chi connectivity index (χ1) is 9.59. The summed E-state index contributed by atoms with van der Waals surface area (Å²) in [5, 5.41) is 10.4. The maximum atomic E-state index is 10.4. The van der Waals surface area contributed by atoms with Crippen LogP contribution in [0.1, 0.15) is 56.1 Å². The molecule has 0 bridgehead atoms. The summed E-state index contributed by atoms with van der Waals surface area (Å²) in [5.41, 5.74) is 3.44. The van der Waals surface area contributed by atoms with Crippen LogP contribution in [-0.2, 0) is 6.42 Å². The Morgan fingerprint density at radius 3 is 2.90 bits per heavy atom. The van der Waals surface area contributed by atoms with E-state index >= 15 is 0 Å². The fourth-order valence-corrected chi connectivity index (χ4v) is 6.02. The van der Waals surface area contributed by atoms with Gasteiger partial charge in [-0.1, -0.05) is 13.0 Å². The van der Waals surface area contributed by atoms with Gasteiger partial charge in [-0.05, 0) is 108 Å². The van der Waals surface area contributed by atoms with Crippen molar-refractivity contribution in [1.29, 1.82) is 0 Å². The van der Waals surface area contributed by atoms with Gasteiger partial charge in [0.1, 0.15) is 0 Å². The Labute approximate surface area is 135 Å². The van der Waals surface area contributed by atoms with Gasteiger partial charge < -0.3 is 5.11 Å². The molecule has 0 aromatic heterocycles.